The number of anilines is 1. The van der Waals surface area contributed by atoms with Crippen molar-refractivity contribution in [1.29, 1.82) is 0 Å². The van der Waals surface area contributed by atoms with Gasteiger partial charge in [0.1, 0.15) is 5.82 Å². The first-order chi connectivity index (χ1) is 12.3. The summed E-state index contributed by atoms with van der Waals surface area (Å²) in [6.45, 7) is 3.44. The summed E-state index contributed by atoms with van der Waals surface area (Å²) in [5, 5.41) is 4.30. The number of nitrogens with zero attached hydrogens (tertiary/aromatic N) is 5. The van der Waals surface area contributed by atoms with Crippen LogP contribution in [0.2, 0.25) is 0 Å². The average molecular weight is 339 g/mol. The zero-order valence-corrected chi connectivity index (χ0v) is 14.5. The Labute approximate surface area is 148 Å². The first-order valence-corrected chi connectivity index (χ1v) is 9.25. The molecule has 2 aromatic rings. The minimum atomic E-state index is 0.0778. The largest absolute Gasteiger partial charge is 0.356 e. The van der Waals surface area contributed by atoms with Gasteiger partial charge in [0, 0.05) is 38.2 Å². The van der Waals surface area contributed by atoms with Gasteiger partial charge in [-0.3, -0.25) is 9.48 Å². The van der Waals surface area contributed by atoms with Crippen molar-refractivity contribution in [2.75, 3.05) is 24.5 Å². The number of carbonyl (C=O) groups is 1. The molecule has 2 atom stereocenters. The Morgan fingerprint density at radius 3 is 2.84 bits per heavy atom. The van der Waals surface area contributed by atoms with Crippen LogP contribution in [0.1, 0.15) is 25.7 Å². The lowest BCUT2D eigenvalue weighted by Crippen LogP contribution is -2.47. The number of piperidine rings is 1. The van der Waals surface area contributed by atoms with E-state index in [9.17, 15) is 4.79 Å². The molecule has 2 aliphatic rings. The van der Waals surface area contributed by atoms with E-state index < -0.39 is 0 Å². The van der Waals surface area contributed by atoms with Crippen LogP contribution in [-0.2, 0) is 11.3 Å². The van der Waals surface area contributed by atoms with Crippen LogP contribution in [0.5, 0.6) is 0 Å². The maximum absolute atomic E-state index is 13.2. The van der Waals surface area contributed by atoms with E-state index >= 15 is 0 Å². The molecule has 2 saturated heterocycles. The molecule has 0 spiro atoms. The van der Waals surface area contributed by atoms with Gasteiger partial charge in [0.2, 0.25) is 5.91 Å². The van der Waals surface area contributed by atoms with Crippen molar-refractivity contribution in [2.24, 2.45) is 5.92 Å². The Balaban J connectivity index is 1.42. The van der Waals surface area contributed by atoms with Crippen LogP contribution in [0, 0.1) is 5.92 Å². The van der Waals surface area contributed by atoms with Crippen molar-refractivity contribution in [3.8, 4) is 0 Å². The lowest BCUT2D eigenvalue weighted by molar-refractivity contribution is -0.136. The van der Waals surface area contributed by atoms with Crippen molar-refractivity contribution in [3.05, 3.63) is 42.9 Å². The van der Waals surface area contributed by atoms with Crippen molar-refractivity contribution in [3.63, 3.8) is 0 Å². The van der Waals surface area contributed by atoms with E-state index in [0.29, 0.717) is 5.91 Å². The summed E-state index contributed by atoms with van der Waals surface area (Å²) in [6, 6.07) is 8.18. The highest BCUT2D eigenvalue weighted by molar-refractivity contribution is 5.80. The molecule has 1 amide bonds. The molecule has 25 heavy (non-hydrogen) atoms. The number of aromatic nitrogens is 3. The third-order valence-corrected chi connectivity index (χ3v) is 5.36. The maximum atomic E-state index is 13.2. The summed E-state index contributed by atoms with van der Waals surface area (Å²) in [7, 11) is 0. The van der Waals surface area contributed by atoms with E-state index in [1.54, 1.807) is 6.20 Å². The van der Waals surface area contributed by atoms with Crippen molar-refractivity contribution in [1.82, 2.24) is 19.7 Å². The highest BCUT2D eigenvalue weighted by Crippen LogP contribution is 2.27. The summed E-state index contributed by atoms with van der Waals surface area (Å²) in [5.74, 6) is 1.37. The molecule has 2 aromatic heterocycles. The van der Waals surface area contributed by atoms with Gasteiger partial charge >= 0.3 is 0 Å². The van der Waals surface area contributed by atoms with Gasteiger partial charge in [0.05, 0.1) is 18.5 Å². The van der Waals surface area contributed by atoms with E-state index in [0.717, 1.165) is 57.7 Å². The van der Waals surface area contributed by atoms with Crippen LogP contribution in [-0.4, -0.2) is 51.2 Å². The Kier molecular flexibility index (Phi) is 4.68. The molecule has 4 heterocycles. The molecule has 0 bridgehead atoms. The minimum absolute atomic E-state index is 0.0778. The van der Waals surface area contributed by atoms with Gasteiger partial charge in [0.25, 0.3) is 0 Å². The molecule has 0 aliphatic carbocycles. The molecule has 6 heteroatoms. The predicted molar refractivity (Wildman–Crippen MR) is 96.1 cm³/mol. The summed E-state index contributed by atoms with van der Waals surface area (Å²) < 4.78 is 1.94. The molecule has 0 saturated carbocycles. The normalized spacial score (nSPS) is 23.8. The smallest absolute Gasteiger partial charge is 0.227 e. The summed E-state index contributed by atoms with van der Waals surface area (Å²) in [4.78, 5) is 22.0. The SMILES string of the molecule is O=C([C@@H]1CCCN(c2ccccn2)C1)N1CCC[C@@H]1Cn1cccn1. The van der Waals surface area contributed by atoms with Gasteiger partial charge in [0.15, 0.2) is 0 Å². The van der Waals surface area contributed by atoms with Gasteiger partial charge in [-0.2, -0.15) is 5.10 Å². The lowest BCUT2D eigenvalue weighted by atomic mass is 9.96. The van der Waals surface area contributed by atoms with Gasteiger partial charge in [-0.05, 0) is 43.9 Å². The van der Waals surface area contributed by atoms with E-state index in [2.05, 4.69) is 19.9 Å². The third-order valence-electron chi connectivity index (χ3n) is 5.36. The van der Waals surface area contributed by atoms with Crippen LogP contribution in [0.3, 0.4) is 0 Å². The van der Waals surface area contributed by atoms with Gasteiger partial charge in [-0.25, -0.2) is 4.98 Å². The van der Waals surface area contributed by atoms with Crippen LogP contribution < -0.4 is 4.90 Å². The molecule has 0 aromatic carbocycles. The van der Waals surface area contributed by atoms with Crippen LogP contribution >= 0.6 is 0 Å². The molecule has 0 unspecified atom stereocenters. The van der Waals surface area contributed by atoms with Crippen LogP contribution in [0.4, 0.5) is 5.82 Å². The van der Waals surface area contributed by atoms with Crippen molar-refractivity contribution in [2.45, 2.75) is 38.3 Å². The molecule has 0 radical (unpaired) electrons. The highest BCUT2D eigenvalue weighted by Gasteiger charge is 2.35. The summed E-state index contributed by atoms with van der Waals surface area (Å²) in [6.07, 6.45) is 9.78. The molecular formula is C19H25N5O. The molecule has 0 N–H and O–H groups in total. The lowest BCUT2D eigenvalue weighted by Gasteiger charge is -2.36. The van der Waals surface area contributed by atoms with Gasteiger partial charge < -0.3 is 9.80 Å². The van der Waals surface area contributed by atoms with E-state index in [1.807, 2.05) is 41.3 Å². The number of likely N-dealkylation sites (tertiary alicyclic amines) is 1. The fourth-order valence-corrected chi connectivity index (χ4v) is 4.10. The predicted octanol–water partition coefficient (Wildman–Crippen LogP) is 2.19. The molecule has 132 valence electrons. The second-order valence-electron chi connectivity index (χ2n) is 7.03. The standard InChI is InChI=1S/C19H25N5O/c25-19(24-13-4-7-17(24)15-23-12-5-10-21-23)16-6-3-11-22(14-16)18-8-1-2-9-20-18/h1-2,5,8-10,12,16-17H,3-4,6-7,11,13-15H2/t16-,17-/m1/s1. The highest BCUT2D eigenvalue weighted by atomic mass is 16.2. The van der Waals surface area contributed by atoms with Crippen molar-refractivity contribution < 1.29 is 4.79 Å². The molecular weight excluding hydrogens is 314 g/mol. The number of pyridine rings is 1. The number of carbonyl (C=O) groups excluding carboxylic acids is 1. The fraction of sp³-hybridized carbons (Fsp3) is 0.526. The van der Waals surface area contributed by atoms with Crippen LogP contribution in [0.15, 0.2) is 42.9 Å². The van der Waals surface area contributed by atoms with Crippen molar-refractivity contribution >= 4 is 11.7 Å². The average Bonchev–Trinajstić information content (AvgIpc) is 3.34. The number of hydrogen-bond donors (Lipinski definition) is 0. The van der Waals surface area contributed by atoms with Crippen LogP contribution in [0.25, 0.3) is 0 Å². The zero-order chi connectivity index (χ0) is 17.1. The third kappa shape index (κ3) is 3.52. The second-order valence-corrected chi connectivity index (χ2v) is 7.03. The first kappa shape index (κ1) is 16.1. The molecule has 6 nitrogen and oxygen atoms in total. The summed E-state index contributed by atoms with van der Waals surface area (Å²) >= 11 is 0. The Bertz CT molecular complexity index is 687. The van der Waals surface area contributed by atoms with E-state index in [-0.39, 0.29) is 12.0 Å². The number of amides is 1. The minimum Gasteiger partial charge on any atom is -0.356 e. The van der Waals surface area contributed by atoms with Gasteiger partial charge in [-0.15, -0.1) is 0 Å². The second kappa shape index (κ2) is 7.25. The molecule has 4 rings (SSSR count). The monoisotopic (exact) mass is 339 g/mol. The zero-order valence-electron chi connectivity index (χ0n) is 14.5. The molecule has 2 aliphatic heterocycles. The first-order valence-electron chi connectivity index (χ1n) is 9.25. The Morgan fingerprint density at radius 2 is 2.04 bits per heavy atom. The quantitative estimate of drug-likeness (QED) is 0.857. The van der Waals surface area contributed by atoms with E-state index in [4.69, 9.17) is 0 Å². The van der Waals surface area contributed by atoms with Gasteiger partial charge in [-0.1, -0.05) is 6.07 Å². The Morgan fingerprint density at radius 1 is 1.12 bits per heavy atom. The summed E-state index contributed by atoms with van der Waals surface area (Å²) in [5.41, 5.74) is 0. The number of hydrogen-bond acceptors (Lipinski definition) is 4. The van der Waals surface area contributed by atoms with E-state index in [1.165, 1.54) is 0 Å². The molecule has 2 fully saturated rings. The topological polar surface area (TPSA) is 54.3 Å². The number of rotatable bonds is 4. The fourth-order valence-electron chi connectivity index (χ4n) is 4.10. The Hall–Kier alpha value is -2.37. The maximum Gasteiger partial charge on any atom is 0.227 e.